The molecule has 110 valence electrons. The van der Waals surface area contributed by atoms with Crippen LogP contribution in [0, 0.1) is 5.82 Å². The monoisotopic (exact) mass is 289 g/mol. The van der Waals surface area contributed by atoms with Crippen molar-refractivity contribution in [3.8, 4) is 11.5 Å². The number of ether oxygens (including phenoxy) is 2. The number of para-hydroxylation sites is 1. The summed E-state index contributed by atoms with van der Waals surface area (Å²) >= 11 is 0. The predicted octanol–water partition coefficient (Wildman–Crippen LogP) is 2.64. The zero-order chi connectivity index (χ0) is 15.1. The summed E-state index contributed by atoms with van der Waals surface area (Å²) in [7, 11) is 1.37. The lowest BCUT2D eigenvalue weighted by Crippen LogP contribution is -2.28. The van der Waals surface area contributed by atoms with Gasteiger partial charge in [-0.3, -0.25) is 4.79 Å². The Balaban J connectivity index is 1.80. The van der Waals surface area contributed by atoms with Gasteiger partial charge in [0.25, 0.3) is 5.91 Å². The largest absolute Gasteiger partial charge is 0.494 e. The van der Waals surface area contributed by atoms with Crippen LogP contribution in [0.5, 0.6) is 11.5 Å². The number of hydrogen-bond donors (Lipinski definition) is 1. The number of methoxy groups -OCH3 is 1. The minimum Gasteiger partial charge on any atom is -0.494 e. The Morgan fingerprint density at radius 3 is 2.62 bits per heavy atom. The molecule has 0 aliphatic heterocycles. The van der Waals surface area contributed by atoms with Crippen LogP contribution >= 0.6 is 0 Å². The van der Waals surface area contributed by atoms with Gasteiger partial charge in [0, 0.05) is 5.56 Å². The van der Waals surface area contributed by atoms with Crippen molar-refractivity contribution in [2.75, 3.05) is 20.3 Å². The number of carbonyl (C=O) groups excluding carboxylic acids is 1. The molecule has 4 nitrogen and oxygen atoms in total. The fourth-order valence-electron chi connectivity index (χ4n) is 1.76. The van der Waals surface area contributed by atoms with E-state index in [4.69, 9.17) is 9.47 Å². The van der Waals surface area contributed by atoms with Crippen molar-refractivity contribution in [1.29, 1.82) is 0 Å². The summed E-state index contributed by atoms with van der Waals surface area (Å²) < 4.78 is 23.7. The summed E-state index contributed by atoms with van der Waals surface area (Å²) in [6.07, 6.45) is 0. The lowest BCUT2D eigenvalue weighted by molar-refractivity contribution is 0.0946. The first-order chi connectivity index (χ1) is 10.2. The molecule has 21 heavy (non-hydrogen) atoms. The van der Waals surface area contributed by atoms with Crippen molar-refractivity contribution in [1.82, 2.24) is 5.32 Å². The molecule has 2 aromatic rings. The van der Waals surface area contributed by atoms with E-state index in [1.165, 1.54) is 19.2 Å². The van der Waals surface area contributed by atoms with Crippen LogP contribution in [0.1, 0.15) is 10.4 Å². The maximum atomic E-state index is 13.5. The zero-order valence-corrected chi connectivity index (χ0v) is 11.6. The molecule has 0 saturated carbocycles. The molecule has 1 amide bonds. The van der Waals surface area contributed by atoms with Crippen LogP contribution in [0.15, 0.2) is 48.5 Å². The minimum atomic E-state index is -0.564. The average molecular weight is 289 g/mol. The van der Waals surface area contributed by atoms with Gasteiger partial charge in [0.2, 0.25) is 0 Å². The van der Waals surface area contributed by atoms with Crippen molar-refractivity contribution < 1.29 is 18.7 Å². The molecule has 0 aromatic heterocycles. The van der Waals surface area contributed by atoms with Gasteiger partial charge in [-0.1, -0.05) is 18.2 Å². The third-order valence-electron chi connectivity index (χ3n) is 2.81. The standard InChI is InChI=1S/C16H16FNO3/c1-20-15-8-7-12(11-14(15)17)16(19)18-9-10-21-13-5-3-2-4-6-13/h2-8,11H,9-10H2,1H3,(H,18,19). The lowest BCUT2D eigenvalue weighted by Gasteiger charge is -2.08. The van der Waals surface area contributed by atoms with Gasteiger partial charge >= 0.3 is 0 Å². The molecular weight excluding hydrogens is 273 g/mol. The molecular formula is C16H16FNO3. The minimum absolute atomic E-state index is 0.110. The molecule has 0 bridgehead atoms. The first-order valence-corrected chi connectivity index (χ1v) is 6.50. The highest BCUT2D eigenvalue weighted by molar-refractivity contribution is 5.94. The van der Waals surface area contributed by atoms with Crippen LogP contribution in [0.25, 0.3) is 0 Å². The van der Waals surface area contributed by atoms with Crippen LogP contribution in [0.2, 0.25) is 0 Å². The quantitative estimate of drug-likeness (QED) is 0.832. The van der Waals surface area contributed by atoms with E-state index >= 15 is 0 Å². The predicted molar refractivity (Wildman–Crippen MR) is 77.2 cm³/mol. The van der Waals surface area contributed by atoms with E-state index in [0.717, 1.165) is 11.8 Å². The molecule has 0 atom stereocenters. The van der Waals surface area contributed by atoms with Crippen LogP contribution in [0.4, 0.5) is 4.39 Å². The van der Waals surface area contributed by atoms with Gasteiger partial charge in [-0.25, -0.2) is 4.39 Å². The van der Waals surface area contributed by atoms with E-state index in [1.807, 2.05) is 30.3 Å². The molecule has 0 saturated heterocycles. The summed E-state index contributed by atoms with van der Waals surface area (Å²) in [5.74, 6) is -0.0693. The highest BCUT2D eigenvalue weighted by Crippen LogP contribution is 2.17. The lowest BCUT2D eigenvalue weighted by atomic mass is 10.2. The highest BCUT2D eigenvalue weighted by Gasteiger charge is 2.09. The number of halogens is 1. The normalized spacial score (nSPS) is 10.0. The maximum Gasteiger partial charge on any atom is 0.251 e. The fourth-order valence-corrected chi connectivity index (χ4v) is 1.76. The SMILES string of the molecule is COc1ccc(C(=O)NCCOc2ccccc2)cc1F. The topological polar surface area (TPSA) is 47.6 Å². The van der Waals surface area contributed by atoms with Gasteiger partial charge in [-0.05, 0) is 30.3 Å². The van der Waals surface area contributed by atoms with Gasteiger partial charge in [-0.15, -0.1) is 0 Å². The molecule has 2 rings (SSSR count). The first kappa shape index (κ1) is 14.8. The van der Waals surface area contributed by atoms with Crippen molar-refractivity contribution in [2.45, 2.75) is 0 Å². The molecule has 0 unspecified atom stereocenters. The molecule has 1 N–H and O–H groups in total. The Morgan fingerprint density at radius 1 is 1.19 bits per heavy atom. The van der Waals surface area contributed by atoms with Crippen LogP contribution in [-0.4, -0.2) is 26.2 Å². The zero-order valence-electron chi connectivity index (χ0n) is 11.6. The Labute approximate surface area is 122 Å². The van der Waals surface area contributed by atoms with Gasteiger partial charge in [0.1, 0.15) is 12.4 Å². The Kier molecular flexibility index (Phi) is 5.15. The molecule has 0 fully saturated rings. The van der Waals surface area contributed by atoms with Gasteiger partial charge in [0.05, 0.1) is 13.7 Å². The van der Waals surface area contributed by atoms with Gasteiger partial charge < -0.3 is 14.8 Å². The molecule has 0 spiro atoms. The second-order valence-electron chi connectivity index (χ2n) is 4.27. The van der Waals surface area contributed by atoms with Crippen LogP contribution in [-0.2, 0) is 0 Å². The average Bonchev–Trinajstić information content (AvgIpc) is 2.52. The summed E-state index contributed by atoms with van der Waals surface area (Å²) in [6, 6.07) is 13.4. The second-order valence-corrected chi connectivity index (χ2v) is 4.27. The summed E-state index contributed by atoms with van der Waals surface area (Å²) in [5, 5.41) is 2.66. The van der Waals surface area contributed by atoms with E-state index in [9.17, 15) is 9.18 Å². The second kappa shape index (κ2) is 7.28. The molecule has 0 heterocycles. The fraction of sp³-hybridized carbons (Fsp3) is 0.188. The summed E-state index contributed by atoms with van der Waals surface area (Å²) in [4.78, 5) is 11.8. The van der Waals surface area contributed by atoms with Crippen molar-refractivity contribution in [2.24, 2.45) is 0 Å². The Morgan fingerprint density at radius 2 is 1.95 bits per heavy atom. The Bertz CT molecular complexity index is 602. The third-order valence-corrected chi connectivity index (χ3v) is 2.81. The summed E-state index contributed by atoms with van der Waals surface area (Å²) in [6.45, 7) is 0.676. The molecule has 5 heteroatoms. The van der Waals surface area contributed by atoms with E-state index in [-0.39, 0.29) is 17.2 Å². The molecule has 2 aromatic carbocycles. The smallest absolute Gasteiger partial charge is 0.251 e. The first-order valence-electron chi connectivity index (χ1n) is 6.50. The number of benzene rings is 2. The van der Waals surface area contributed by atoms with E-state index in [2.05, 4.69) is 5.32 Å². The number of nitrogens with one attached hydrogen (secondary N) is 1. The molecule has 0 aliphatic carbocycles. The van der Waals surface area contributed by atoms with E-state index in [0.29, 0.717) is 13.2 Å². The molecule has 0 aliphatic rings. The number of carbonyl (C=O) groups is 1. The van der Waals surface area contributed by atoms with E-state index < -0.39 is 5.82 Å². The van der Waals surface area contributed by atoms with Gasteiger partial charge in [-0.2, -0.15) is 0 Å². The van der Waals surface area contributed by atoms with E-state index in [1.54, 1.807) is 0 Å². The number of hydrogen-bond acceptors (Lipinski definition) is 3. The van der Waals surface area contributed by atoms with Crippen LogP contribution in [0.3, 0.4) is 0 Å². The van der Waals surface area contributed by atoms with Crippen LogP contribution < -0.4 is 14.8 Å². The Hall–Kier alpha value is -2.56. The maximum absolute atomic E-state index is 13.5. The highest BCUT2D eigenvalue weighted by atomic mass is 19.1. The third kappa shape index (κ3) is 4.21. The number of amides is 1. The number of rotatable bonds is 6. The van der Waals surface area contributed by atoms with Crippen molar-refractivity contribution >= 4 is 5.91 Å². The van der Waals surface area contributed by atoms with Crippen molar-refractivity contribution in [3.05, 3.63) is 59.9 Å². The van der Waals surface area contributed by atoms with Gasteiger partial charge in [0.15, 0.2) is 11.6 Å². The summed E-state index contributed by atoms with van der Waals surface area (Å²) in [5.41, 5.74) is 0.244. The molecule has 0 radical (unpaired) electrons. The van der Waals surface area contributed by atoms with Crippen molar-refractivity contribution in [3.63, 3.8) is 0 Å².